The van der Waals surface area contributed by atoms with Gasteiger partial charge in [-0.15, -0.1) is 0 Å². The zero-order valence-electron chi connectivity index (χ0n) is 23.3. The number of nitriles is 1. The van der Waals surface area contributed by atoms with Crippen LogP contribution in [0, 0.1) is 11.3 Å². The van der Waals surface area contributed by atoms with Crippen LogP contribution >= 0.6 is 0 Å². The Morgan fingerprint density at radius 3 is 1.49 bits per heavy atom. The van der Waals surface area contributed by atoms with Crippen LogP contribution in [0.3, 0.4) is 0 Å². The Bertz CT molecular complexity index is 2270. The number of para-hydroxylation sites is 3. The van der Waals surface area contributed by atoms with Crippen molar-refractivity contribution in [3.8, 4) is 45.4 Å². The van der Waals surface area contributed by atoms with Gasteiger partial charge in [-0.2, -0.15) is 5.26 Å². The number of hydrogen-bond acceptors (Lipinski definition) is 2. The van der Waals surface area contributed by atoms with E-state index in [0.717, 1.165) is 39.2 Å². The topological polar surface area (TPSA) is 41.6 Å². The molecule has 1 aromatic heterocycles. The zero-order valence-corrected chi connectivity index (χ0v) is 23.3. The van der Waals surface area contributed by atoms with Crippen LogP contribution in [0.15, 0.2) is 152 Å². The Hall–Kier alpha value is -5.98. The molecule has 0 aliphatic heterocycles. The van der Waals surface area contributed by atoms with Gasteiger partial charge in [0.1, 0.15) is 5.82 Å². The van der Waals surface area contributed by atoms with Gasteiger partial charge in [0.15, 0.2) is 0 Å². The average molecular weight is 548 g/mol. The van der Waals surface area contributed by atoms with Crippen molar-refractivity contribution in [3.05, 3.63) is 157 Å². The third kappa shape index (κ3) is 4.09. The standard InChI is InChI=1S/C40H25N3/c41-26-27-18-20-28(21-19-27)38-32-12-4-6-14-34(32)39(35-15-7-5-13-33(35)38)29-22-24-30(25-23-29)40-42-36-16-8-9-17-37(36)43(40)31-10-2-1-3-11-31/h1-25H. The summed E-state index contributed by atoms with van der Waals surface area (Å²) in [5.41, 5.74) is 9.54. The van der Waals surface area contributed by atoms with Crippen molar-refractivity contribution in [1.29, 1.82) is 5.26 Å². The smallest absolute Gasteiger partial charge is 0.145 e. The van der Waals surface area contributed by atoms with Crippen LogP contribution in [0.25, 0.3) is 71.9 Å². The lowest BCUT2D eigenvalue weighted by atomic mass is 9.86. The molecule has 3 nitrogen and oxygen atoms in total. The number of imidazole rings is 1. The van der Waals surface area contributed by atoms with Crippen molar-refractivity contribution >= 4 is 32.6 Å². The van der Waals surface area contributed by atoms with Gasteiger partial charge >= 0.3 is 0 Å². The first-order valence-corrected chi connectivity index (χ1v) is 14.4. The van der Waals surface area contributed by atoms with E-state index in [9.17, 15) is 5.26 Å². The molecule has 3 heteroatoms. The molecule has 1 heterocycles. The van der Waals surface area contributed by atoms with E-state index in [1.165, 1.54) is 32.7 Å². The van der Waals surface area contributed by atoms with Gasteiger partial charge in [0, 0.05) is 11.3 Å². The lowest BCUT2D eigenvalue weighted by Crippen LogP contribution is -1.97. The second-order valence-corrected chi connectivity index (χ2v) is 10.7. The fourth-order valence-corrected chi connectivity index (χ4v) is 6.31. The normalized spacial score (nSPS) is 11.2. The van der Waals surface area contributed by atoms with Gasteiger partial charge in [0.25, 0.3) is 0 Å². The molecule has 8 rings (SSSR count). The fraction of sp³-hybridized carbons (Fsp3) is 0. The fourth-order valence-electron chi connectivity index (χ4n) is 6.31. The molecule has 0 spiro atoms. The van der Waals surface area contributed by atoms with Gasteiger partial charge in [-0.25, -0.2) is 4.98 Å². The molecule has 0 aliphatic rings. The predicted molar refractivity (Wildman–Crippen MR) is 177 cm³/mol. The molecule has 0 amide bonds. The number of nitrogens with zero attached hydrogens (tertiary/aromatic N) is 3. The summed E-state index contributed by atoms with van der Waals surface area (Å²) in [6.07, 6.45) is 0. The lowest BCUT2D eigenvalue weighted by molar-refractivity contribution is 1.10. The van der Waals surface area contributed by atoms with Gasteiger partial charge in [-0.1, -0.05) is 115 Å². The third-order valence-electron chi connectivity index (χ3n) is 8.24. The van der Waals surface area contributed by atoms with E-state index in [-0.39, 0.29) is 0 Å². The second kappa shape index (κ2) is 10.1. The highest BCUT2D eigenvalue weighted by Crippen LogP contribution is 2.44. The number of hydrogen-bond donors (Lipinski definition) is 0. The van der Waals surface area contributed by atoms with E-state index in [2.05, 4.69) is 138 Å². The van der Waals surface area contributed by atoms with E-state index in [4.69, 9.17) is 4.98 Å². The molecule has 0 bridgehead atoms. The third-order valence-corrected chi connectivity index (χ3v) is 8.24. The Morgan fingerprint density at radius 2 is 0.930 bits per heavy atom. The highest BCUT2D eigenvalue weighted by Gasteiger charge is 2.18. The first kappa shape index (κ1) is 24.8. The Balaban J connectivity index is 1.33. The molecule has 0 unspecified atom stereocenters. The number of benzene rings is 7. The molecule has 0 radical (unpaired) electrons. The van der Waals surface area contributed by atoms with Crippen molar-refractivity contribution in [3.63, 3.8) is 0 Å². The van der Waals surface area contributed by atoms with E-state index < -0.39 is 0 Å². The number of aromatic nitrogens is 2. The maximum atomic E-state index is 9.35. The highest BCUT2D eigenvalue weighted by molar-refractivity contribution is 6.21. The van der Waals surface area contributed by atoms with Crippen molar-refractivity contribution in [1.82, 2.24) is 9.55 Å². The summed E-state index contributed by atoms with van der Waals surface area (Å²) in [5, 5.41) is 14.1. The maximum absolute atomic E-state index is 9.35. The molecule has 43 heavy (non-hydrogen) atoms. The Labute approximate surface area is 249 Å². The largest absolute Gasteiger partial charge is 0.292 e. The molecular formula is C40H25N3. The van der Waals surface area contributed by atoms with E-state index in [0.29, 0.717) is 5.56 Å². The molecule has 0 saturated carbocycles. The Morgan fingerprint density at radius 1 is 0.465 bits per heavy atom. The summed E-state index contributed by atoms with van der Waals surface area (Å²) >= 11 is 0. The Kier molecular flexibility index (Phi) is 5.84. The summed E-state index contributed by atoms with van der Waals surface area (Å²) < 4.78 is 2.24. The van der Waals surface area contributed by atoms with Gasteiger partial charge in [-0.3, -0.25) is 4.57 Å². The first-order valence-electron chi connectivity index (χ1n) is 14.4. The number of rotatable bonds is 4. The minimum Gasteiger partial charge on any atom is -0.292 e. The van der Waals surface area contributed by atoms with E-state index in [1.54, 1.807) is 0 Å². The second-order valence-electron chi connectivity index (χ2n) is 10.7. The molecule has 0 saturated heterocycles. The van der Waals surface area contributed by atoms with Crippen LogP contribution in [-0.4, -0.2) is 9.55 Å². The van der Waals surface area contributed by atoms with Crippen molar-refractivity contribution in [2.24, 2.45) is 0 Å². The molecule has 200 valence electrons. The van der Waals surface area contributed by atoms with Gasteiger partial charge in [0.05, 0.1) is 22.7 Å². The van der Waals surface area contributed by atoms with Gasteiger partial charge < -0.3 is 0 Å². The van der Waals surface area contributed by atoms with E-state index in [1.807, 2.05) is 24.3 Å². The number of fused-ring (bicyclic) bond motifs is 3. The summed E-state index contributed by atoms with van der Waals surface area (Å²) in [7, 11) is 0. The van der Waals surface area contributed by atoms with Crippen LogP contribution < -0.4 is 0 Å². The van der Waals surface area contributed by atoms with Crippen LogP contribution in [-0.2, 0) is 0 Å². The van der Waals surface area contributed by atoms with Gasteiger partial charge in [0.2, 0.25) is 0 Å². The average Bonchev–Trinajstić information content (AvgIpc) is 3.47. The highest BCUT2D eigenvalue weighted by atomic mass is 15.1. The minimum absolute atomic E-state index is 0.662. The lowest BCUT2D eigenvalue weighted by Gasteiger charge is -2.18. The van der Waals surface area contributed by atoms with Crippen LogP contribution in [0.2, 0.25) is 0 Å². The summed E-state index contributed by atoms with van der Waals surface area (Å²) in [6.45, 7) is 0. The first-order chi connectivity index (χ1) is 21.3. The van der Waals surface area contributed by atoms with Crippen molar-refractivity contribution in [2.75, 3.05) is 0 Å². The molecule has 8 aromatic rings. The SMILES string of the molecule is N#Cc1ccc(-c2c3ccccc3c(-c3ccc(-c4nc5ccccc5n4-c4ccccc4)cc3)c3ccccc23)cc1. The van der Waals surface area contributed by atoms with Crippen LogP contribution in [0.4, 0.5) is 0 Å². The molecule has 7 aromatic carbocycles. The van der Waals surface area contributed by atoms with Crippen LogP contribution in [0.1, 0.15) is 5.56 Å². The molecule has 0 atom stereocenters. The minimum atomic E-state index is 0.662. The summed E-state index contributed by atoms with van der Waals surface area (Å²) in [5.74, 6) is 0.921. The molecular weight excluding hydrogens is 522 g/mol. The van der Waals surface area contributed by atoms with Crippen LogP contribution in [0.5, 0.6) is 0 Å². The quantitative estimate of drug-likeness (QED) is 0.206. The summed E-state index contributed by atoms with van der Waals surface area (Å²) in [6, 6.07) is 54.9. The van der Waals surface area contributed by atoms with Crippen molar-refractivity contribution < 1.29 is 0 Å². The summed E-state index contributed by atoms with van der Waals surface area (Å²) in [4.78, 5) is 5.06. The molecule has 0 N–H and O–H groups in total. The monoisotopic (exact) mass is 547 g/mol. The molecule has 0 fully saturated rings. The molecule has 0 aliphatic carbocycles. The van der Waals surface area contributed by atoms with Crippen molar-refractivity contribution in [2.45, 2.75) is 0 Å². The maximum Gasteiger partial charge on any atom is 0.145 e. The predicted octanol–water partition coefficient (Wildman–Crippen LogP) is 10.2. The van der Waals surface area contributed by atoms with Gasteiger partial charge in [-0.05, 0) is 80.2 Å². The zero-order chi connectivity index (χ0) is 28.8. The van der Waals surface area contributed by atoms with E-state index >= 15 is 0 Å².